The number of aromatic nitrogens is 3. The lowest BCUT2D eigenvalue weighted by molar-refractivity contribution is -0.117. The third-order valence-electron chi connectivity index (χ3n) is 5.57. The van der Waals surface area contributed by atoms with Gasteiger partial charge >= 0.3 is 0 Å². The van der Waals surface area contributed by atoms with Crippen LogP contribution in [0.2, 0.25) is 0 Å². The summed E-state index contributed by atoms with van der Waals surface area (Å²) in [7, 11) is 1.79. The van der Waals surface area contributed by atoms with Gasteiger partial charge in [-0.3, -0.25) is 4.79 Å². The van der Waals surface area contributed by atoms with Crippen LogP contribution in [-0.4, -0.2) is 27.7 Å². The Labute approximate surface area is 162 Å². The number of aryl methyl sites for hydroxylation is 1. The fraction of sp³-hybridized carbons (Fsp3) is 0.286. The van der Waals surface area contributed by atoms with Gasteiger partial charge in [0.1, 0.15) is 11.6 Å². The first-order chi connectivity index (χ1) is 13.6. The molecule has 5 rings (SSSR count). The minimum absolute atomic E-state index is 0.102. The lowest BCUT2D eigenvalue weighted by atomic mass is 9.91. The van der Waals surface area contributed by atoms with Gasteiger partial charge in [0.25, 0.3) is 0 Å². The zero-order valence-electron chi connectivity index (χ0n) is 15.5. The molecule has 0 saturated heterocycles. The molecule has 1 atom stereocenters. The van der Waals surface area contributed by atoms with Gasteiger partial charge in [-0.2, -0.15) is 4.98 Å². The largest absolute Gasteiger partial charge is 0.323 e. The summed E-state index contributed by atoms with van der Waals surface area (Å²) in [5.41, 5.74) is 3.86. The topological polar surface area (TPSA) is 63.1 Å². The number of carbonyl (C=O) groups excluding carboxylic acids is 1. The van der Waals surface area contributed by atoms with Crippen molar-refractivity contribution in [3.63, 3.8) is 0 Å². The van der Waals surface area contributed by atoms with E-state index >= 15 is 0 Å². The third kappa shape index (κ3) is 2.83. The summed E-state index contributed by atoms with van der Waals surface area (Å²) in [6.45, 7) is 0.823. The highest BCUT2D eigenvalue weighted by atomic mass is 19.1. The van der Waals surface area contributed by atoms with Gasteiger partial charge in [0.05, 0.1) is 6.42 Å². The van der Waals surface area contributed by atoms with Crippen molar-refractivity contribution >= 4 is 23.2 Å². The molecule has 0 radical (unpaired) electrons. The van der Waals surface area contributed by atoms with Gasteiger partial charge in [0, 0.05) is 30.9 Å². The number of halogens is 1. The molecule has 0 aliphatic carbocycles. The van der Waals surface area contributed by atoms with Gasteiger partial charge in [-0.1, -0.05) is 18.2 Å². The van der Waals surface area contributed by atoms with Crippen LogP contribution in [0.25, 0.3) is 0 Å². The summed E-state index contributed by atoms with van der Waals surface area (Å²) in [6, 6.07) is 12.5. The summed E-state index contributed by atoms with van der Waals surface area (Å²) in [6.07, 6.45) is 2.42. The Morgan fingerprint density at radius 2 is 2.00 bits per heavy atom. The molecular formula is C21H20FN5O. The van der Waals surface area contributed by atoms with Crippen LogP contribution in [0.5, 0.6) is 0 Å². The smallest absolute Gasteiger partial charge is 0.246 e. The molecule has 3 aromatic rings. The Morgan fingerprint density at radius 1 is 1.18 bits per heavy atom. The molecule has 7 heteroatoms. The number of rotatable bonds is 3. The highest BCUT2D eigenvalue weighted by Crippen LogP contribution is 2.34. The van der Waals surface area contributed by atoms with E-state index in [2.05, 4.69) is 10.4 Å². The monoisotopic (exact) mass is 377 g/mol. The van der Waals surface area contributed by atoms with Crippen LogP contribution in [0.15, 0.2) is 42.5 Å². The van der Waals surface area contributed by atoms with E-state index in [1.807, 2.05) is 35.0 Å². The van der Waals surface area contributed by atoms with E-state index in [4.69, 9.17) is 4.98 Å². The zero-order chi connectivity index (χ0) is 19.3. The predicted molar refractivity (Wildman–Crippen MR) is 104 cm³/mol. The van der Waals surface area contributed by atoms with Crippen molar-refractivity contribution in [2.45, 2.75) is 31.7 Å². The summed E-state index contributed by atoms with van der Waals surface area (Å²) >= 11 is 0. The summed E-state index contributed by atoms with van der Waals surface area (Å²) in [5.74, 6) is 1.42. The number of hydrogen-bond donors (Lipinski definition) is 1. The molecule has 6 nitrogen and oxygen atoms in total. The predicted octanol–water partition coefficient (Wildman–Crippen LogP) is 3.61. The van der Waals surface area contributed by atoms with Gasteiger partial charge in [-0.15, -0.1) is 5.10 Å². The SMILES string of the molecule is CN1C(=O)Cc2ccc(Nc3nc4n(n3)CCCC4c3ccc(F)cc3)cc21. The van der Waals surface area contributed by atoms with Gasteiger partial charge < -0.3 is 10.2 Å². The first kappa shape index (κ1) is 16.9. The van der Waals surface area contributed by atoms with Crippen LogP contribution in [-0.2, 0) is 17.8 Å². The van der Waals surface area contributed by atoms with E-state index in [1.165, 1.54) is 12.1 Å². The lowest BCUT2D eigenvalue weighted by Crippen LogP contribution is -2.20. The number of anilines is 3. The highest BCUT2D eigenvalue weighted by molar-refractivity contribution is 6.01. The van der Waals surface area contributed by atoms with Gasteiger partial charge in [0.2, 0.25) is 11.9 Å². The van der Waals surface area contributed by atoms with E-state index < -0.39 is 0 Å². The Balaban J connectivity index is 1.43. The maximum Gasteiger partial charge on any atom is 0.246 e. The Hall–Kier alpha value is -3.22. The second-order valence-electron chi connectivity index (χ2n) is 7.36. The fourth-order valence-electron chi connectivity index (χ4n) is 4.06. The standard InChI is InChI=1S/C21H20FN5O/c1-26-18-12-16(9-6-14(18)11-19(26)28)23-21-24-20-17(3-2-10-27(20)25-21)13-4-7-15(22)8-5-13/h4-9,12,17H,2-3,10-11H2,1H3,(H,23,25). The molecule has 1 unspecified atom stereocenters. The van der Waals surface area contributed by atoms with Crippen LogP contribution in [0.1, 0.15) is 35.7 Å². The summed E-state index contributed by atoms with van der Waals surface area (Å²) in [5, 5.41) is 7.87. The van der Waals surface area contributed by atoms with Crippen molar-refractivity contribution in [3.8, 4) is 0 Å². The normalized spacial score (nSPS) is 18.1. The fourth-order valence-corrected chi connectivity index (χ4v) is 4.06. The average molecular weight is 377 g/mol. The molecule has 0 saturated carbocycles. The van der Waals surface area contributed by atoms with E-state index in [0.29, 0.717) is 12.4 Å². The molecule has 2 aromatic carbocycles. The lowest BCUT2D eigenvalue weighted by Gasteiger charge is -2.22. The molecule has 1 N–H and O–H groups in total. The van der Waals surface area contributed by atoms with Crippen molar-refractivity contribution in [2.24, 2.45) is 0 Å². The maximum absolute atomic E-state index is 13.3. The van der Waals surface area contributed by atoms with Gasteiger partial charge in [0.15, 0.2) is 0 Å². The highest BCUT2D eigenvalue weighted by Gasteiger charge is 2.27. The van der Waals surface area contributed by atoms with Crippen molar-refractivity contribution < 1.29 is 9.18 Å². The van der Waals surface area contributed by atoms with E-state index in [-0.39, 0.29) is 17.6 Å². The van der Waals surface area contributed by atoms with Crippen molar-refractivity contribution in [3.05, 3.63) is 65.2 Å². The van der Waals surface area contributed by atoms with Crippen LogP contribution in [0.4, 0.5) is 21.7 Å². The molecule has 1 amide bonds. The molecule has 28 heavy (non-hydrogen) atoms. The first-order valence-corrected chi connectivity index (χ1v) is 9.45. The van der Waals surface area contributed by atoms with Crippen molar-refractivity contribution in [2.75, 3.05) is 17.3 Å². The quantitative estimate of drug-likeness (QED) is 0.757. The minimum Gasteiger partial charge on any atom is -0.323 e. The van der Waals surface area contributed by atoms with Crippen LogP contribution >= 0.6 is 0 Å². The van der Waals surface area contributed by atoms with Crippen LogP contribution in [0, 0.1) is 5.82 Å². The number of fused-ring (bicyclic) bond motifs is 2. The number of amides is 1. The maximum atomic E-state index is 13.3. The molecule has 3 heterocycles. The molecular weight excluding hydrogens is 357 g/mol. The van der Waals surface area contributed by atoms with E-state index in [0.717, 1.165) is 47.7 Å². The van der Waals surface area contributed by atoms with Gasteiger partial charge in [-0.25, -0.2) is 9.07 Å². The van der Waals surface area contributed by atoms with Crippen molar-refractivity contribution in [1.29, 1.82) is 0 Å². The number of nitrogens with zero attached hydrogens (tertiary/aromatic N) is 4. The Morgan fingerprint density at radius 3 is 2.82 bits per heavy atom. The molecule has 0 fully saturated rings. The summed E-state index contributed by atoms with van der Waals surface area (Å²) < 4.78 is 15.2. The summed E-state index contributed by atoms with van der Waals surface area (Å²) in [4.78, 5) is 18.3. The molecule has 1 aromatic heterocycles. The third-order valence-corrected chi connectivity index (χ3v) is 5.57. The second-order valence-corrected chi connectivity index (χ2v) is 7.36. The molecule has 0 spiro atoms. The van der Waals surface area contributed by atoms with Crippen molar-refractivity contribution in [1.82, 2.24) is 14.8 Å². The molecule has 0 bridgehead atoms. The van der Waals surface area contributed by atoms with Crippen LogP contribution in [0.3, 0.4) is 0 Å². The van der Waals surface area contributed by atoms with E-state index in [1.54, 1.807) is 11.9 Å². The Kier molecular flexibility index (Phi) is 3.89. The minimum atomic E-state index is -0.233. The molecule has 2 aliphatic heterocycles. The van der Waals surface area contributed by atoms with Crippen LogP contribution < -0.4 is 10.2 Å². The Bertz CT molecular complexity index is 1060. The zero-order valence-corrected chi connectivity index (χ0v) is 15.5. The number of carbonyl (C=O) groups is 1. The van der Waals surface area contributed by atoms with E-state index in [9.17, 15) is 9.18 Å². The van der Waals surface area contributed by atoms with Gasteiger partial charge in [-0.05, 0) is 48.2 Å². The number of likely N-dealkylation sites (N-methyl/N-ethyl adjacent to an activating group) is 1. The number of benzene rings is 2. The number of nitrogens with one attached hydrogen (secondary N) is 1. The molecule has 142 valence electrons. The molecule has 2 aliphatic rings. The second kappa shape index (κ2) is 6.44. The first-order valence-electron chi connectivity index (χ1n) is 9.45. The number of hydrogen-bond acceptors (Lipinski definition) is 4. The average Bonchev–Trinajstić information content (AvgIpc) is 3.23.